The highest BCUT2D eigenvalue weighted by Gasteiger charge is 2.43. The van der Waals surface area contributed by atoms with Gasteiger partial charge in [-0.2, -0.15) is 18.3 Å². The lowest BCUT2D eigenvalue weighted by Crippen LogP contribution is -2.30. The normalized spacial score (nSPS) is 16.7. The van der Waals surface area contributed by atoms with Crippen LogP contribution in [0.15, 0.2) is 47.6 Å². The number of methoxy groups -OCH3 is 1. The SMILES string of the molecule is COC(=O)CC1CC(C(F)(F)F)=NN1c1ccc(Cc2ccc(Cl)cc2C)cc1. The van der Waals surface area contributed by atoms with Crippen LogP contribution in [0.2, 0.25) is 5.02 Å². The van der Waals surface area contributed by atoms with Crippen molar-refractivity contribution in [3.8, 4) is 0 Å². The standard InChI is InChI=1S/C21H20ClF3N2O2/c1-13-9-16(22)6-5-15(13)10-14-3-7-17(8-4-14)27-18(12-20(28)29-2)11-19(26-27)21(23,24)25/h3-9,18H,10-12H2,1-2H3. The van der Waals surface area contributed by atoms with Gasteiger partial charge in [0, 0.05) is 11.4 Å². The molecule has 0 saturated carbocycles. The Labute approximate surface area is 171 Å². The van der Waals surface area contributed by atoms with E-state index in [0.717, 1.165) is 16.7 Å². The van der Waals surface area contributed by atoms with Crippen LogP contribution < -0.4 is 5.01 Å². The maximum atomic E-state index is 13.1. The number of nitrogens with zero attached hydrogens (tertiary/aromatic N) is 2. The Morgan fingerprint density at radius 3 is 2.52 bits per heavy atom. The number of esters is 1. The predicted molar refractivity (Wildman–Crippen MR) is 106 cm³/mol. The molecule has 0 aliphatic carbocycles. The lowest BCUT2D eigenvalue weighted by Gasteiger charge is -2.23. The summed E-state index contributed by atoms with van der Waals surface area (Å²) in [6.45, 7) is 1.98. The van der Waals surface area contributed by atoms with Crippen LogP contribution in [0, 0.1) is 6.92 Å². The number of ether oxygens (including phenoxy) is 1. The van der Waals surface area contributed by atoms with Crippen molar-refractivity contribution in [2.75, 3.05) is 12.1 Å². The molecule has 0 bridgehead atoms. The van der Waals surface area contributed by atoms with Crippen LogP contribution in [-0.2, 0) is 16.0 Å². The zero-order valence-electron chi connectivity index (χ0n) is 16.0. The number of benzene rings is 2. The molecule has 29 heavy (non-hydrogen) atoms. The lowest BCUT2D eigenvalue weighted by molar-refractivity contribution is -0.141. The molecule has 154 valence electrons. The summed E-state index contributed by atoms with van der Waals surface area (Å²) in [4.78, 5) is 11.6. The van der Waals surface area contributed by atoms with Crippen LogP contribution in [0.5, 0.6) is 0 Å². The molecule has 1 unspecified atom stereocenters. The monoisotopic (exact) mass is 424 g/mol. The van der Waals surface area contributed by atoms with Gasteiger partial charge in [-0.1, -0.05) is 29.8 Å². The summed E-state index contributed by atoms with van der Waals surface area (Å²) in [7, 11) is 1.21. The topological polar surface area (TPSA) is 41.9 Å². The van der Waals surface area contributed by atoms with Crippen molar-refractivity contribution in [3.05, 3.63) is 64.2 Å². The molecule has 0 amide bonds. The lowest BCUT2D eigenvalue weighted by atomic mass is 10.0. The van der Waals surface area contributed by atoms with Crippen LogP contribution in [-0.4, -0.2) is 31.0 Å². The molecule has 1 atom stereocenters. The number of hydrogen-bond donors (Lipinski definition) is 0. The van der Waals surface area contributed by atoms with Gasteiger partial charge in [-0.25, -0.2) is 0 Å². The van der Waals surface area contributed by atoms with E-state index in [1.54, 1.807) is 12.1 Å². The van der Waals surface area contributed by atoms with Gasteiger partial charge in [0.25, 0.3) is 0 Å². The van der Waals surface area contributed by atoms with E-state index in [4.69, 9.17) is 11.6 Å². The number of carbonyl (C=O) groups is 1. The molecule has 3 rings (SSSR count). The molecule has 0 radical (unpaired) electrons. The minimum Gasteiger partial charge on any atom is -0.469 e. The number of alkyl halides is 3. The van der Waals surface area contributed by atoms with E-state index in [0.29, 0.717) is 17.1 Å². The molecule has 0 spiro atoms. The van der Waals surface area contributed by atoms with Crippen molar-refractivity contribution in [3.63, 3.8) is 0 Å². The van der Waals surface area contributed by atoms with Gasteiger partial charge >= 0.3 is 12.1 Å². The molecule has 0 aromatic heterocycles. The minimum absolute atomic E-state index is 0.175. The average molecular weight is 425 g/mol. The number of aryl methyl sites for hydroxylation is 1. The summed E-state index contributed by atoms with van der Waals surface area (Å²) in [5.74, 6) is -0.576. The van der Waals surface area contributed by atoms with E-state index < -0.39 is 23.9 Å². The first kappa shape index (κ1) is 21.2. The van der Waals surface area contributed by atoms with Gasteiger partial charge in [0.1, 0.15) is 5.71 Å². The first-order chi connectivity index (χ1) is 13.7. The number of carbonyl (C=O) groups excluding carboxylic acids is 1. The van der Waals surface area contributed by atoms with Crippen molar-refractivity contribution >= 4 is 29.0 Å². The second-order valence-corrected chi connectivity index (χ2v) is 7.38. The number of anilines is 1. The minimum atomic E-state index is -4.53. The van der Waals surface area contributed by atoms with E-state index in [2.05, 4.69) is 9.84 Å². The molecule has 0 saturated heterocycles. The molecule has 2 aromatic carbocycles. The third-order valence-corrected chi connectivity index (χ3v) is 5.10. The van der Waals surface area contributed by atoms with Crippen molar-refractivity contribution in [1.29, 1.82) is 0 Å². The highest BCUT2D eigenvalue weighted by molar-refractivity contribution is 6.30. The number of rotatable bonds is 5. The summed E-state index contributed by atoms with van der Waals surface area (Å²) >= 11 is 5.99. The van der Waals surface area contributed by atoms with Crippen molar-refractivity contribution < 1.29 is 22.7 Å². The number of hydrazone groups is 1. The number of halogens is 4. The molecule has 0 N–H and O–H groups in total. The van der Waals surface area contributed by atoms with Gasteiger partial charge in [-0.15, -0.1) is 0 Å². The fourth-order valence-electron chi connectivity index (χ4n) is 3.28. The molecule has 1 aliphatic heterocycles. The molecule has 1 heterocycles. The van der Waals surface area contributed by atoms with Gasteiger partial charge in [-0.05, 0) is 54.3 Å². The molecule has 2 aromatic rings. The van der Waals surface area contributed by atoms with Crippen molar-refractivity contribution in [1.82, 2.24) is 0 Å². The van der Waals surface area contributed by atoms with Gasteiger partial charge in [0.15, 0.2) is 0 Å². The van der Waals surface area contributed by atoms with Gasteiger partial charge < -0.3 is 4.74 Å². The van der Waals surface area contributed by atoms with Gasteiger partial charge in [0.2, 0.25) is 0 Å². The van der Waals surface area contributed by atoms with E-state index in [-0.39, 0.29) is 12.8 Å². The summed E-state index contributed by atoms with van der Waals surface area (Å²) in [6.07, 6.45) is -4.39. The summed E-state index contributed by atoms with van der Waals surface area (Å²) < 4.78 is 44.0. The summed E-state index contributed by atoms with van der Waals surface area (Å²) in [5.41, 5.74) is 2.79. The summed E-state index contributed by atoms with van der Waals surface area (Å²) in [6, 6.07) is 12.1. The Hall–Kier alpha value is -2.54. The van der Waals surface area contributed by atoms with E-state index >= 15 is 0 Å². The zero-order valence-corrected chi connectivity index (χ0v) is 16.7. The van der Waals surface area contributed by atoms with Crippen LogP contribution in [0.25, 0.3) is 0 Å². The van der Waals surface area contributed by atoms with Crippen LogP contribution in [0.3, 0.4) is 0 Å². The molecular weight excluding hydrogens is 405 g/mol. The van der Waals surface area contributed by atoms with E-state index in [1.807, 2.05) is 37.3 Å². The Bertz CT molecular complexity index is 927. The second kappa shape index (κ2) is 8.45. The van der Waals surface area contributed by atoms with Gasteiger partial charge in [0.05, 0.1) is 25.3 Å². The Kier molecular flexibility index (Phi) is 6.17. The first-order valence-corrected chi connectivity index (χ1v) is 9.40. The van der Waals surface area contributed by atoms with Crippen molar-refractivity contribution in [2.24, 2.45) is 5.10 Å². The fourth-order valence-corrected chi connectivity index (χ4v) is 3.51. The van der Waals surface area contributed by atoms with Crippen LogP contribution >= 0.6 is 11.6 Å². The highest BCUT2D eigenvalue weighted by atomic mass is 35.5. The van der Waals surface area contributed by atoms with E-state index in [1.165, 1.54) is 12.1 Å². The molecule has 4 nitrogen and oxygen atoms in total. The van der Waals surface area contributed by atoms with Crippen LogP contribution in [0.4, 0.5) is 18.9 Å². The maximum absolute atomic E-state index is 13.1. The Balaban J connectivity index is 1.81. The smallest absolute Gasteiger partial charge is 0.431 e. The number of hydrogen-bond acceptors (Lipinski definition) is 4. The fraction of sp³-hybridized carbons (Fsp3) is 0.333. The third-order valence-electron chi connectivity index (χ3n) is 4.86. The summed E-state index contributed by atoms with van der Waals surface area (Å²) in [5, 5.41) is 5.67. The third kappa shape index (κ3) is 5.09. The van der Waals surface area contributed by atoms with E-state index in [9.17, 15) is 18.0 Å². The van der Waals surface area contributed by atoms with Crippen molar-refractivity contribution in [2.45, 2.75) is 38.4 Å². The Morgan fingerprint density at radius 2 is 1.93 bits per heavy atom. The largest absolute Gasteiger partial charge is 0.469 e. The average Bonchev–Trinajstić information content (AvgIpc) is 3.08. The second-order valence-electron chi connectivity index (χ2n) is 6.94. The molecule has 1 aliphatic rings. The zero-order chi connectivity index (χ0) is 21.2. The quantitative estimate of drug-likeness (QED) is 0.612. The molecular formula is C21H20ClF3N2O2. The highest BCUT2D eigenvalue weighted by Crippen LogP contribution is 2.33. The van der Waals surface area contributed by atoms with Gasteiger partial charge in [-0.3, -0.25) is 9.80 Å². The van der Waals surface area contributed by atoms with Crippen LogP contribution in [0.1, 0.15) is 29.5 Å². The first-order valence-electron chi connectivity index (χ1n) is 9.02. The maximum Gasteiger partial charge on any atom is 0.431 e. The molecule has 0 fully saturated rings. The Morgan fingerprint density at radius 1 is 1.24 bits per heavy atom. The predicted octanol–water partition coefficient (Wildman–Crippen LogP) is 5.30. The molecule has 8 heteroatoms.